The van der Waals surface area contributed by atoms with E-state index in [1.807, 2.05) is 43.3 Å². The number of rotatable bonds is 7. The van der Waals surface area contributed by atoms with E-state index in [-0.39, 0.29) is 11.3 Å². The van der Waals surface area contributed by atoms with Crippen molar-refractivity contribution in [1.29, 1.82) is 0 Å². The summed E-state index contributed by atoms with van der Waals surface area (Å²) >= 11 is 0. The number of hydrogen-bond donors (Lipinski definition) is 3. The van der Waals surface area contributed by atoms with Gasteiger partial charge in [0.05, 0.1) is 24.0 Å². The normalized spacial score (nSPS) is 10.9. The van der Waals surface area contributed by atoms with E-state index in [4.69, 9.17) is 4.74 Å². The lowest BCUT2D eigenvalue weighted by Gasteiger charge is -2.21. The Balaban J connectivity index is 1.90. The van der Waals surface area contributed by atoms with Gasteiger partial charge in [0.2, 0.25) is 0 Å². The number of aryl methyl sites for hydroxylation is 1. The zero-order chi connectivity index (χ0) is 23.3. The Morgan fingerprint density at radius 1 is 1.09 bits per heavy atom. The third-order valence-electron chi connectivity index (χ3n) is 5.07. The molecule has 7 heteroatoms. The molecule has 0 saturated carbocycles. The lowest BCUT2D eigenvalue weighted by molar-refractivity contribution is 0.102. The number of anilines is 4. The number of aromatic nitrogens is 1. The van der Waals surface area contributed by atoms with Crippen LogP contribution in [0.25, 0.3) is 0 Å². The molecule has 1 aromatic heterocycles. The van der Waals surface area contributed by atoms with Crippen molar-refractivity contribution >= 4 is 35.5 Å². The van der Waals surface area contributed by atoms with Gasteiger partial charge in [-0.3, -0.25) is 10.2 Å². The molecule has 166 valence electrons. The number of amides is 1. The Bertz CT molecular complexity index is 1140. The Labute approximate surface area is 188 Å². The second kappa shape index (κ2) is 9.51. The number of hydrazone groups is 1. The minimum absolute atomic E-state index is 0.0652. The molecule has 0 unspecified atom stereocenters. The number of hydrogen-bond acceptors (Lipinski definition) is 6. The molecule has 0 bridgehead atoms. The molecule has 32 heavy (non-hydrogen) atoms. The number of ether oxygens (including phenoxy) is 1. The lowest BCUT2D eigenvalue weighted by Crippen LogP contribution is -2.17. The summed E-state index contributed by atoms with van der Waals surface area (Å²) in [6, 6.07) is 15.0. The molecule has 3 aromatic rings. The number of methoxy groups -OCH3 is 1. The Hall–Kier alpha value is -3.87. The van der Waals surface area contributed by atoms with Crippen LogP contribution in [-0.2, 0) is 5.41 Å². The van der Waals surface area contributed by atoms with Gasteiger partial charge in [-0.25, -0.2) is 4.98 Å². The molecule has 1 heterocycles. The monoisotopic (exact) mass is 431 g/mol. The SMILES string of the molecule is C=NNc1cc(Nc2ncccc2C(=O)Nc2cc(C(C)(C)C)ccc2OC)ccc1C. The van der Waals surface area contributed by atoms with Gasteiger partial charge in [0.15, 0.2) is 0 Å². The van der Waals surface area contributed by atoms with Crippen LogP contribution in [0.2, 0.25) is 0 Å². The Morgan fingerprint density at radius 2 is 1.88 bits per heavy atom. The summed E-state index contributed by atoms with van der Waals surface area (Å²) in [6.45, 7) is 11.8. The molecule has 0 radical (unpaired) electrons. The molecular formula is C25H29N5O2. The van der Waals surface area contributed by atoms with E-state index in [1.165, 1.54) is 0 Å². The number of nitrogens with one attached hydrogen (secondary N) is 3. The molecule has 3 N–H and O–H groups in total. The first kappa shape index (κ1) is 22.8. The van der Waals surface area contributed by atoms with Crippen LogP contribution < -0.4 is 20.8 Å². The van der Waals surface area contributed by atoms with Gasteiger partial charge in [-0.05, 0) is 59.9 Å². The largest absolute Gasteiger partial charge is 0.495 e. The fourth-order valence-corrected chi connectivity index (χ4v) is 3.19. The Kier molecular flexibility index (Phi) is 6.78. The summed E-state index contributed by atoms with van der Waals surface area (Å²) < 4.78 is 5.46. The third-order valence-corrected chi connectivity index (χ3v) is 5.07. The highest BCUT2D eigenvalue weighted by atomic mass is 16.5. The van der Waals surface area contributed by atoms with E-state index in [0.717, 1.165) is 22.5 Å². The van der Waals surface area contributed by atoms with Crippen molar-refractivity contribution in [2.45, 2.75) is 33.1 Å². The minimum atomic E-state index is -0.289. The summed E-state index contributed by atoms with van der Waals surface area (Å²) in [5.41, 5.74) is 7.51. The van der Waals surface area contributed by atoms with Gasteiger partial charge in [0.25, 0.3) is 5.91 Å². The van der Waals surface area contributed by atoms with Crippen molar-refractivity contribution in [2.24, 2.45) is 5.10 Å². The van der Waals surface area contributed by atoms with E-state index in [0.29, 0.717) is 22.8 Å². The fourth-order valence-electron chi connectivity index (χ4n) is 3.19. The van der Waals surface area contributed by atoms with Crippen LogP contribution in [0.4, 0.5) is 22.9 Å². The van der Waals surface area contributed by atoms with Gasteiger partial charge in [-0.2, -0.15) is 5.10 Å². The van der Waals surface area contributed by atoms with E-state index in [1.54, 1.807) is 25.4 Å². The van der Waals surface area contributed by atoms with Crippen LogP contribution >= 0.6 is 0 Å². The lowest BCUT2D eigenvalue weighted by atomic mass is 9.87. The average molecular weight is 432 g/mol. The fraction of sp³-hybridized carbons (Fsp3) is 0.240. The van der Waals surface area contributed by atoms with E-state index >= 15 is 0 Å². The molecule has 0 spiro atoms. The van der Waals surface area contributed by atoms with Crippen LogP contribution in [0.5, 0.6) is 5.75 Å². The van der Waals surface area contributed by atoms with Crippen LogP contribution in [0.15, 0.2) is 59.8 Å². The number of carbonyl (C=O) groups is 1. The van der Waals surface area contributed by atoms with Crippen molar-refractivity contribution in [3.63, 3.8) is 0 Å². The number of benzene rings is 2. The first-order valence-corrected chi connectivity index (χ1v) is 10.3. The van der Waals surface area contributed by atoms with Gasteiger partial charge < -0.3 is 15.4 Å². The van der Waals surface area contributed by atoms with Gasteiger partial charge in [0.1, 0.15) is 11.6 Å². The number of nitrogens with zero attached hydrogens (tertiary/aromatic N) is 2. The first-order chi connectivity index (χ1) is 15.2. The summed E-state index contributed by atoms with van der Waals surface area (Å²) in [4.78, 5) is 17.6. The van der Waals surface area contributed by atoms with E-state index in [2.05, 4.69) is 53.6 Å². The molecule has 0 aliphatic heterocycles. The van der Waals surface area contributed by atoms with Crippen molar-refractivity contribution in [3.05, 3.63) is 71.4 Å². The maximum Gasteiger partial charge on any atom is 0.259 e. The smallest absolute Gasteiger partial charge is 0.259 e. The van der Waals surface area contributed by atoms with Crippen LogP contribution in [0, 0.1) is 6.92 Å². The van der Waals surface area contributed by atoms with Crippen molar-refractivity contribution in [2.75, 3.05) is 23.2 Å². The molecular weight excluding hydrogens is 402 g/mol. The van der Waals surface area contributed by atoms with Crippen molar-refractivity contribution in [3.8, 4) is 5.75 Å². The first-order valence-electron chi connectivity index (χ1n) is 10.3. The van der Waals surface area contributed by atoms with Crippen LogP contribution in [-0.4, -0.2) is 24.7 Å². The summed E-state index contributed by atoms with van der Waals surface area (Å²) in [7, 11) is 1.58. The molecule has 0 fully saturated rings. The van der Waals surface area contributed by atoms with Crippen molar-refractivity contribution in [1.82, 2.24) is 4.98 Å². The zero-order valence-corrected chi connectivity index (χ0v) is 19.1. The quantitative estimate of drug-likeness (QED) is 0.329. The molecule has 7 nitrogen and oxygen atoms in total. The maximum atomic E-state index is 13.2. The summed E-state index contributed by atoms with van der Waals surface area (Å²) in [6.07, 6.45) is 1.64. The second-order valence-electron chi connectivity index (χ2n) is 8.44. The maximum absolute atomic E-state index is 13.2. The molecule has 3 rings (SSSR count). The predicted molar refractivity (Wildman–Crippen MR) is 132 cm³/mol. The van der Waals surface area contributed by atoms with Gasteiger partial charge in [-0.15, -0.1) is 0 Å². The number of pyridine rings is 1. The highest BCUT2D eigenvalue weighted by Crippen LogP contribution is 2.32. The third kappa shape index (κ3) is 5.24. The van der Waals surface area contributed by atoms with E-state index < -0.39 is 0 Å². The van der Waals surface area contributed by atoms with Crippen LogP contribution in [0.1, 0.15) is 42.3 Å². The van der Waals surface area contributed by atoms with Gasteiger partial charge in [0, 0.05) is 18.6 Å². The topological polar surface area (TPSA) is 87.6 Å². The molecule has 1 amide bonds. The molecule has 0 aliphatic carbocycles. The molecule has 0 atom stereocenters. The van der Waals surface area contributed by atoms with Crippen LogP contribution in [0.3, 0.4) is 0 Å². The molecule has 0 saturated heterocycles. The highest BCUT2D eigenvalue weighted by Gasteiger charge is 2.19. The molecule has 2 aromatic carbocycles. The molecule has 0 aliphatic rings. The Morgan fingerprint density at radius 3 is 2.56 bits per heavy atom. The predicted octanol–water partition coefficient (Wildman–Crippen LogP) is 5.72. The standard InChI is InChI=1S/C25H29N5O2/c1-16-9-11-18(15-20(16)30-26-5)28-23-19(8-7-13-27-23)24(31)29-21-14-17(25(2,3)4)10-12-22(21)32-6/h7-15,30H,5H2,1-4,6H3,(H,27,28)(H,29,31). The minimum Gasteiger partial charge on any atom is -0.495 e. The van der Waals surface area contributed by atoms with Gasteiger partial charge >= 0.3 is 0 Å². The van der Waals surface area contributed by atoms with Gasteiger partial charge in [-0.1, -0.05) is 32.9 Å². The van der Waals surface area contributed by atoms with Crippen molar-refractivity contribution < 1.29 is 9.53 Å². The second-order valence-corrected chi connectivity index (χ2v) is 8.44. The summed E-state index contributed by atoms with van der Waals surface area (Å²) in [5.74, 6) is 0.747. The van der Waals surface area contributed by atoms with E-state index in [9.17, 15) is 4.79 Å². The average Bonchev–Trinajstić information content (AvgIpc) is 2.76. The highest BCUT2D eigenvalue weighted by molar-refractivity contribution is 6.08. The number of carbonyl (C=O) groups excluding carboxylic acids is 1. The zero-order valence-electron chi connectivity index (χ0n) is 19.1. The summed E-state index contributed by atoms with van der Waals surface area (Å²) in [5, 5.41) is 9.93.